The summed E-state index contributed by atoms with van der Waals surface area (Å²) in [6.45, 7) is 1.87. The third-order valence-electron chi connectivity index (χ3n) is 4.45. The summed E-state index contributed by atoms with van der Waals surface area (Å²) >= 11 is 0. The smallest absolute Gasteiger partial charge is 0.258 e. The van der Waals surface area contributed by atoms with E-state index in [0.29, 0.717) is 16.5 Å². The number of nitrogens with one attached hydrogen (secondary N) is 1. The normalized spacial score (nSPS) is 14.2. The van der Waals surface area contributed by atoms with Gasteiger partial charge in [-0.15, -0.1) is 0 Å². The Morgan fingerprint density at radius 1 is 1.04 bits per heavy atom. The SMILES string of the molecule is Cc1ccc(S(=O)(=O)COn2cc(C3=CC(=O)NC3=O)c3ccccc32)cc1. The highest BCUT2D eigenvalue weighted by Gasteiger charge is 2.26. The number of amides is 2. The third-order valence-corrected chi connectivity index (χ3v) is 5.86. The molecule has 0 atom stereocenters. The van der Waals surface area contributed by atoms with E-state index in [-0.39, 0.29) is 10.5 Å². The summed E-state index contributed by atoms with van der Waals surface area (Å²) in [6.07, 6.45) is 2.73. The Labute approximate surface area is 161 Å². The molecule has 2 amide bonds. The summed E-state index contributed by atoms with van der Waals surface area (Å²) in [6, 6.07) is 13.6. The molecule has 0 fully saturated rings. The molecule has 1 aromatic heterocycles. The van der Waals surface area contributed by atoms with Gasteiger partial charge in [0.25, 0.3) is 11.8 Å². The van der Waals surface area contributed by atoms with E-state index in [1.807, 2.05) is 6.92 Å². The summed E-state index contributed by atoms with van der Waals surface area (Å²) in [4.78, 5) is 29.2. The van der Waals surface area contributed by atoms with Crippen molar-refractivity contribution in [2.75, 3.05) is 5.94 Å². The molecule has 1 N–H and O–H groups in total. The second-order valence-corrected chi connectivity index (χ2v) is 8.37. The van der Waals surface area contributed by atoms with E-state index in [1.54, 1.807) is 36.4 Å². The van der Waals surface area contributed by atoms with Gasteiger partial charge < -0.3 is 4.84 Å². The van der Waals surface area contributed by atoms with Crippen LogP contribution in [0.15, 0.2) is 65.7 Å². The Kier molecular flexibility index (Phi) is 4.27. The fourth-order valence-corrected chi connectivity index (χ4v) is 3.96. The van der Waals surface area contributed by atoms with E-state index in [1.165, 1.54) is 29.1 Å². The minimum atomic E-state index is -3.66. The van der Waals surface area contributed by atoms with E-state index >= 15 is 0 Å². The Hall–Kier alpha value is -3.39. The largest absolute Gasteiger partial charge is 0.397 e. The maximum absolute atomic E-state index is 12.6. The zero-order valence-electron chi connectivity index (χ0n) is 14.9. The van der Waals surface area contributed by atoms with Gasteiger partial charge in [0.15, 0.2) is 0 Å². The van der Waals surface area contributed by atoms with Crippen LogP contribution in [0.3, 0.4) is 0 Å². The molecule has 0 saturated heterocycles. The average Bonchev–Trinajstić information content (AvgIpc) is 3.19. The summed E-state index contributed by atoms with van der Waals surface area (Å²) in [5.41, 5.74) is 2.25. The number of hydrogen-bond acceptors (Lipinski definition) is 5. The number of aryl methyl sites for hydroxylation is 1. The number of carbonyl (C=O) groups is 2. The van der Waals surface area contributed by atoms with E-state index in [4.69, 9.17) is 4.84 Å². The highest BCUT2D eigenvalue weighted by Crippen LogP contribution is 2.28. The van der Waals surface area contributed by atoms with Gasteiger partial charge in [0, 0.05) is 17.0 Å². The van der Waals surface area contributed by atoms with Crippen molar-refractivity contribution < 1.29 is 22.8 Å². The Balaban J connectivity index is 1.68. The van der Waals surface area contributed by atoms with Gasteiger partial charge in [-0.25, -0.2) is 8.42 Å². The lowest BCUT2D eigenvalue weighted by Crippen LogP contribution is -2.21. The monoisotopic (exact) mass is 396 g/mol. The maximum Gasteiger partial charge on any atom is 0.258 e. The van der Waals surface area contributed by atoms with Crippen LogP contribution in [0.4, 0.5) is 0 Å². The van der Waals surface area contributed by atoms with Gasteiger partial charge >= 0.3 is 0 Å². The van der Waals surface area contributed by atoms with Crippen LogP contribution < -0.4 is 10.2 Å². The number of imide groups is 1. The van der Waals surface area contributed by atoms with Crippen molar-refractivity contribution in [3.63, 3.8) is 0 Å². The van der Waals surface area contributed by atoms with Crippen LogP contribution in [0.1, 0.15) is 11.1 Å². The van der Waals surface area contributed by atoms with Crippen LogP contribution in [0.25, 0.3) is 16.5 Å². The van der Waals surface area contributed by atoms with Crippen molar-refractivity contribution >= 4 is 38.1 Å². The van der Waals surface area contributed by atoms with Crippen LogP contribution in [0, 0.1) is 6.92 Å². The van der Waals surface area contributed by atoms with Gasteiger partial charge in [-0.05, 0) is 25.1 Å². The molecule has 3 aromatic rings. The molecule has 0 bridgehead atoms. The lowest BCUT2D eigenvalue weighted by Gasteiger charge is -2.09. The van der Waals surface area contributed by atoms with Crippen LogP contribution in [0.5, 0.6) is 0 Å². The molecule has 0 unspecified atom stereocenters. The first kappa shape index (κ1) is 18.0. The van der Waals surface area contributed by atoms with Crippen LogP contribution in [-0.4, -0.2) is 30.9 Å². The Morgan fingerprint density at radius 3 is 2.43 bits per heavy atom. The number of hydrogen-bond donors (Lipinski definition) is 1. The molecule has 0 saturated carbocycles. The third kappa shape index (κ3) is 3.18. The molecule has 142 valence electrons. The van der Waals surface area contributed by atoms with E-state index in [2.05, 4.69) is 5.32 Å². The van der Waals surface area contributed by atoms with Gasteiger partial charge in [-0.3, -0.25) is 14.9 Å². The molecular weight excluding hydrogens is 380 g/mol. The standard InChI is InChI=1S/C20H16N2O5S/c1-13-6-8-14(9-7-13)28(25,26)12-27-22-11-17(15-4-2-3-5-18(15)22)16-10-19(23)21-20(16)24/h2-11H,12H2,1H3,(H,21,23,24). The zero-order valence-corrected chi connectivity index (χ0v) is 15.7. The summed E-state index contributed by atoms with van der Waals surface area (Å²) < 4.78 is 26.4. The first-order valence-corrected chi connectivity index (χ1v) is 10.1. The van der Waals surface area contributed by atoms with Crippen molar-refractivity contribution in [3.8, 4) is 0 Å². The molecule has 2 heterocycles. The van der Waals surface area contributed by atoms with Crippen molar-refractivity contribution in [2.24, 2.45) is 0 Å². The second kappa shape index (κ2) is 6.65. The summed E-state index contributed by atoms with van der Waals surface area (Å²) in [7, 11) is -3.66. The molecule has 7 nitrogen and oxygen atoms in total. The second-order valence-electron chi connectivity index (χ2n) is 6.44. The molecule has 1 aliphatic heterocycles. The predicted octanol–water partition coefficient (Wildman–Crippen LogP) is 1.85. The van der Waals surface area contributed by atoms with Crippen molar-refractivity contribution in [2.45, 2.75) is 11.8 Å². The molecule has 0 aliphatic carbocycles. The number of benzene rings is 2. The van der Waals surface area contributed by atoms with Gasteiger partial charge in [-0.1, -0.05) is 35.9 Å². The summed E-state index contributed by atoms with van der Waals surface area (Å²) in [5.74, 6) is -1.56. The number of sulfone groups is 1. The molecule has 0 radical (unpaired) electrons. The van der Waals surface area contributed by atoms with Gasteiger partial charge in [-0.2, -0.15) is 4.73 Å². The van der Waals surface area contributed by atoms with Gasteiger partial charge in [0.1, 0.15) is 0 Å². The fourth-order valence-electron chi connectivity index (χ4n) is 3.02. The van der Waals surface area contributed by atoms with E-state index in [9.17, 15) is 18.0 Å². The molecule has 2 aromatic carbocycles. The van der Waals surface area contributed by atoms with Gasteiger partial charge in [0.05, 0.1) is 22.2 Å². The van der Waals surface area contributed by atoms with Crippen LogP contribution in [-0.2, 0) is 19.4 Å². The van der Waals surface area contributed by atoms with E-state index in [0.717, 1.165) is 5.56 Å². The Bertz CT molecular complexity index is 1240. The van der Waals surface area contributed by atoms with E-state index < -0.39 is 27.6 Å². The quantitative estimate of drug-likeness (QED) is 0.664. The molecule has 8 heteroatoms. The minimum Gasteiger partial charge on any atom is -0.397 e. The van der Waals surface area contributed by atoms with Crippen molar-refractivity contribution in [1.82, 2.24) is 10.0 Å². The lowest BCUT2D eigenvalue weighted by molar-refractivity contribution is -0.123. The van der Waals surface area contributed by atoms with Gasteiger partial charge in [0.2, 0.25) is 15.8 Å². The molecule has 28 heavy (non-hydrogen) atoms. The van der Waals surface area contributed by atoms with Crippen LogP contribution in [0.2, 0.25) is 0 Å². The first-order chi connectivity index (χ1) is 13.3. The highest BCUT2D eigenvalue weighted by atomic mass is 32.2. The number of nitrogens with zero attached hydrogens (tertiary/aromatic N) is 1. The van der Waals surface area contributed by atoms with Crippen molar-refractivity contribution in [3.05, 3.63) is 71.9 Å². The number of aromatic nitrogens is 1. The first-order valence-electron chi connectivity index (χ1n) is 8.45. The highest BCUT2D eigenvalue weighted by molar-refractivity contribution is 7.91. The average molecular weight is 396 g/mol. The molecular formula is C20H16N2O5S. The predicted molar refractivity (Wildman–Crippen MR) is 103 cm³/mol. The number of rotatable bonds is 5. The molecule has 4 rings (SSSR count). The maximum atomic E-state index is 12.6. The lowest BCUT2D eigenvalue weighted by atomic mass is 10.1. The van der Waals surface area contributed by atoms with Crippen LogP contribution >= 0.6 is 0 Å². The molecule has 1 aliphatic rings. The minimum absolute atomic E-state index is 0.165. The number of fused-ring (bicyclic) bond motifs is 1. The fraction of sp³-hybridized carbons (Fsp3) is 0.100. The Morgan fingerprint density at radius 2 is 1.75 bits per heavy atom. The zero-order chi connectivity index (χ0) is 19.9. The topological polar surface area (TPSA) is 94.5 Å². The number of para-hydroxylation sites is 1. The molecule has 0 spiro atoms. The number of carbonyl (C=O) groups excluding carboxylic acids is 2. The summed E-state index contributed by atoms with van der Waals surface area (Å²) in [5, 5.41) is 2.88. The van der Waals surface area contributed by atoms with Crippen molar-refractivity contribution in [1.29, 1.82) is 0 Å².